The second-order valence-electron chi connectivity index (χ2n) is 6.81. The maximum atomic E-state index is 12.6. The molecule has 0 radical (unpaired) electrons. The van der Waals surface area contributed by atoms with Gasteiger partial charge in [-0.2, -0.15) is 5.10 Å². The van der Waals surface area contributed by atoms with Crippen molar-refractivity contribution in [1.29, 1.82) is 0 Å². The van der Waals surface area contributed by atoms with Crippen LogP contribution in [0.25, 0.3) is 11.3 Å². The molecule has 0 spiro atoms. The third kappa shape index (κ3) is 4.14. The highest BCUT2D eigenvalue weighted by atomic mass is 16.2. The third-order valence-corrected chi connectivity index (χ3v) is 4.72. The average Bonchev–Trinajstić information content (AvgIpc) is 2.65. The van der Waals surface area contributed by atoms with Gasteiger partial charge in [0.15, 0.2) is 0 Å². The van der Waals surface area contributed by atoms with Gasteiger partial charge in [0.05, 0.1) is 5.69 Å². The number of benzene rings is 2. The van der Waals surface area contributed by atoms with Gasteiger partial charge in [0.1, 0.15) is 6.54 Å². The summed E-state index contributed by atoms with van der Waals surface area (Å²) in [6, 6.07) is 16.9. The van der Waals surface area contributed by atoms with Crippen LogP contribution in [0.4, 0.5) is 5.69 Å². The highest BCUT2D eigenvalue weighted by molar-refractivity contribution is 5.92. The molecule has 138 valence electrons. The highest BCUT2D eigenvalue weighted by Crippen LogP contribution is 2.19. The van der Waals surface area contributed by atoms with Crippen molar-refractivity contribution in [1.82, 2.24) is 9.78 Å². The summed E-state index contributed by atoms with van der Waals surface area (Å²) in [5, 5.41) is 4.40. The lowest BCUT2D eigenvalue weighted by atomic mass is 10.0. The van der Waals surface area contributed by atoms with E-state index in [1.54, 1.807) is 18.0 Å². The van der Waals surface area contributed by atoms with E-state index in [2.05, 4.69) is 5.10 Å². The van der Waals surface area contributed by atoms with Crippen molar-refractivity contribution in [2.45, 2.75) is 27.3 Å². The van der Waals surface area contributed by atoms with Gasteiger partial charge in [0.2, 0.25) is 5.91 Å². The van der Waals surface area contributed by atoms with Crippen LogP contribution in [0.5, 0.6) is 0 Å². The number of anilines is 1. The van der Waals surface area contributed by atoms with E-state index in [4.69, 9.17) is 0 Å². The zero-order chi connectivity index (χ0) is 19.6. The van der Waals surface area contributed by atoms with Crippen LogP contribution < -0.4 is 10.5 Å². The first-order chi connectivity index (χ1) is 12.8. The lowest BCUT2D eigenvalue weighted by Crippen LogP contribution is -2.35. The van der Waals surface area contributed by atoms with Crippen molar-refractivity contribution >= 4 is 11.6 Å². The van der Waals surface area contributed by atoms with Crippen molar-refractivity contribution in [3.8, 4) is 11.3 Å². The van der Waals surface area contributed by atoms with Crippen LogP contribution in [0, 0.1) is 20.8 Å². The zero-order valence-corrected chi connectivity index (χ0v) is 16.1. The van der Waals surface area contributed by atoms with Crippen LogP contribution in [0.1, 0.15) is 16.7 Å². The second-order valence-corrected chi connectivity index (χ2v) is 6.81. The van der Waals surface area contributed by atoms with E-state index >= 15 is 0 Å². The number of aromatic nitrogens is 2. The van der Waals surface area contributed by atoms with Crippen LogP contribution in [0.3, 0.4) is 0 Å². The van der Waals surface area contributed by atoms with E-state index in [-0.39, 0.29) is 18.0 Å². The minimum absolute atomic E-state index is 0.109. The maximum Gasteiger partial charge on any atom is 0.267 e. The summed E-state index contributed by atoms with van der Waals surface area (Å²) in [5.41, 5.74) is 5.51. The van der Waals surface area contributed by atoms with E-state index in [0.29, 0.717) is 5.69 Å². The average molecular weight is 361 g/mol. The maximum absolute atomic E-state index is 12.6. The Hall–Kier alpha value is -3.21. The molecule has 0 fully saturated rings. The minimum atomic E-state index is -0.298. The Morgan fingerprint density at radius 3 is 2.48 bits per heavy atom. The van der Waals surface area contributed by atoms with E-state index < -0.39 is 0 Å². The van der Waals surface area contributed by atoms with Gasteiger partial charge in [0, 0.05) is 24.4 Å². The van der Waals surface area contributed by atoms with Crippen molar-refractivity contribution < 1.29 is 4.79 Å². The number of nitrogens with zero attached hydrogens (tertiary/aromatic N) is 3. The Morgan fingerprint density at radius 1 is 1.00 bits per heavy atom. The molecular weight excluding hydrogens is 338 g/mol. The molecular formula is C22H23N3O2. The molecule has 0 aliphatic heterocycles. The largest absolute Gasteiger partial charge is 0.314 e. The smallest absolute Gasteiger partial charge is 0.267 e. The second kappa shape index (κ2) is 7.58. The third-order valence-electron chi connectivity index (χ3n) is 4.72. The monoisotopic (exact) mass is 361 g/mol. The van der Waals surface area contributed by atoms with Crippen LogP contribution >= 0.6 is 0 Å². The predicted molar refractivity (Wildman–Crippen MR) is 108 cm³/mol. The SMILES string of the molecule is Cc1cccc(N(C)C(=O)Cn2nc(-c3ccc(C)c(C)c3)ccc2=O)c1. The first-order valence-corrected chi connectivity index (χ1v) is 8.84. The molecule has 1 aromatic heterocycles. The number of rotatable bonds is 4. The zero-order valence-electron chi connectivity index (χ0n) is 16.1. The fraction of sp³-hybridized carbons (Fsp3) is 0.227. The van der Waals surface area contributed by atoms with E-state index in [1.807, 2.05) is 63.2 Å². The van der Waals surface area contributed by atoms with Crippen LogP contribution in [-0.2, 0) is 11.3 Å². The summed E-state index contributed by atoms with van der Waals surface area (Å²) >= 11 is 0. The number of aryl methyl sites for hydroxylation is 3. The molecule has 0 saturated carbocycles. The molecule has 0 aliphatic rings. The molecule has 5 nitrogen and oxygen atoms in total. The van der Waals surface area contributed by atoms with E-state index in [9.17, 15) is 9.59 Å². The summed E-state index contributed by atoms with van der Waals surface area (Å²) < 4.78 is 1.22. The number of amides is 1. The van der Waals surface area contributed by atoms with Crippen LogP contribution in [-0.4, -0.2) is 22.7 Å². The number of hydrogen-bond acceptors (Lipinski definition) is 3. The van der Waals surface area contributed by atoms with Gasteiger partial charge in [-0.1, -0.05) is 24.3 Å². The topological polar surface area (TPSA) is 55.2 Å². The van der Waals surface area contributed by atoms with Crippen LogP contribution in [0.15, 0.2) is 59.4 Å². The molecule has 0 saturated heterocycles. The lowest BCUT2D eigenvalue weighted by molar-refractivity contribution is -0.119. The molecule has 1 heterocycles. The van der Waals surface area contributed by atoms with Crippen molar-refractivity contribution in [2.75, 3.05) is 11.9 Å². The van der Waals surface area contributed by atoms with Crippen molar-refractivity contribution in [3.05, 3.63) is 81.6 Å². The normalized spacial score (nSPS) is 10.7. The molecule has 0 N–H and O–H groups in total. The van der Waals surface area contributed by atoms with Gasteiger partial charge in [0.25, 0.3) is 5.56 Å². The molecule has 3 rings (SSSR count). The summed E-state index contributed by atoms with van der Waals surface area (Å²) in [4.78, 5) is 26.4. The lowest BCUT2D eigenvalue weighted by Gasteiger charge is -2.18. The molecule has 0 bridgehead atoms. The molecule has 1 amide bonds. The minimum Gasteiger partial charge on any atom is -0.314 e. The molecule has 0 atom stereocenters. The Labute approximate surface area is 158 Å². The molecule has 2 aromatic carbocycles. The Kier molecular flexibility index (Phi) is 5.21. The van der Waals surface area contributed by atoms with Gasteiger partial charge in [-0.3, -0.25) is 9.59 Å². The van der Waals surface area contributed by atoms with Crippen molar-refractivity contribution in [2.24, 2.45) is 0 Å². The summed E-state index contributed by atoms with van der Waals surface area (Å²) in [6.07, 6.45) is 0. The van der Waals surface area contributed by atoms with Gasteiger partial charge < -0.3 is 4.90 Å². The number of likely N-dealkylation sites (N-methyl/N-ethyl adjacent to an activating group) is 1. The first-order valence-electron chi connectivity index (χ1n) is 8.84. The Bertz CT molecular complexity index is 1050. The summed E-state index contributed by atoms with van der Waals surface area (Å²) in [6.45, 7) is 5.95. The summed E-state index contributed by atoms with van der Waals surface area (Å²) in [7, 11) is 1.70. The quantitative estimate of drug-likeness (QED) is 0.715. The number of carbonyl (C=O) groups excluding carboxylic acids is 1. The number of hydrogen-bond donors (Lipinski definition) is 0. The van der Waals surface area contributed by atoms with Gasteiger partial charge in [-0.25, -0.2) is 4.68 Å². The molecule has 0 aliphatic carbocycles. The van der Waals surface area contributed by atoms with Gasteiger partial charge in [-0.05, 0) is 61.7 Å². The fourth-order valence-corrected chi connectivity index (χ4v) is 2.83. The van der Waals surface area contributed by atoms with Gasteiger partial charge >= 0.3 is 0 Å². The van der Waals surface area contributed by atoms with Crippen LogP contribution in [0.2, 0.25) is 0 Å². The van der Waals surface area contributed by atoms with E-state index in [1.165, 1.54) is 16.3 Å². The fourth-order valence-electron chi connectivity index (χ4n) is 2.83. The Balaban J connectivity index is 1.87. The Morgan fingerprint density at radius 2 is 1.78 bits per heavy atom. The van der Waals surface area contributed by atoms with Crippen molar-refractivity contribution in [3.63, 3.8) is 0 Å². The molecule has 3 aromatic rings. The number of carbonyl (C=O) groups is 1. The molecule has 0 unspecified atom stereocenters. The predicted octanol–water partition coefficient (Wildman–Crippen LogP) is 3.50. The summed E-state index contributed by atoms with van der Waals surface area (Å²) in [5.74, 6) is -0.201. The molecule has 27 heavy (non-hydrogen) atoms. The highest BCUT2D eigenvalue weighted by Gasteiger charge is 2.14. The van der Waals surface area contributed by atoms with E-state index in [0.717, 1.165) is 22.4 Å². The first kappa shape index (κ1) is 18.6. The van der Waals surface area contributed by atoms with Gasteiger partial charge in [-0.15, -0.1) is 0 Å². The standard InChI is InChI=1S/C22H23N3O2/c1-15-6-5-7-19(12-15)24(4)22(27)14-25-21(26)11-10-20(23-25)18-9-8-16(2)17(3)13-18/h5-13H,14H2,1-4H3. The molecule has 5 heteroatoms.